The second-order valence-corrected chi connectivity index (χ2v) is 9.16. The molecule has 0 fully saturated rings. The number of hydrogen-bond donors (Lipinski definition) is 0. The molecule has 5 nitrogen and oxygen atoms in total. The number of carbonyl (C=O) groups excluding carboxylic acids is 1. The quantitative estimate of drug-likeness (QED) is 0.526. The van der Waals surface area contributed by atoms with Gasteiger partial charge in [0.05, 0.1) is 26.9 Å². The largest absolute Gasteiger partial charge is 0.462 e. The molecule has 27 heavy (non-hydrogen) atoms. The van der Waals surface area contributed by atoms with Gasteiger partial charge in [-0.25, -0.2) is 8.42 Å². The van der Waals surface area contributed by atoms with Crippen molar-refractivity contribution in [1.29, 1.82) is 0 Å². The molecule has 0 aliphatic carbocycles. The van der Waals surface area contributed by atoms with Crippen molar-refractivity contribution in [3.8, 4) is 0 Å². The van der Waals surface area contributed by atoms with E-state index in [2.05, 4.69) is 0 Å². The minimum Gasteiger partial charge on any atom is -0.462 e. The summed E-state index contributed by atoms with van der Waals surface area (Å²) in [6.45, 7) is 2.68. The molecule has 0 radical (unpaired) electrons. The first-order chi connectivity index (χ1) is 12.5. The summed E-state index contributed by atoms with van der Waals surface area (Å²) < 4.78 is 32.4. The minimum absolute atomic E-state index is 0.0147. The van der Waals surface area contributed by atoms with Crippen LogP contribution in [0.25, 0.3) is 0 Å². The van der Waals surface area contributed by atoms with Crippen LogP contribution in [0.4, 0.5) is 5.69 Å². The zero-order chi connectivity index (χ0) is 20.4. The number of sulfonamides is 1. The van der Waals surface area contributed by atoms with Crippen molar-refractivity contribution in [3.63, 3.8) is 0 Å². The summed E-state index contributed by atoms with van der Waals surface area (Å²) in [5.74, 6) is -0.761. The molecule has 0 aliphatic heterocycles. The number of anilines is 1. The number of halogens is 4. The van der Waals surface area contributed by atoms with Gasteiger partial charge in [-0.05, 0) is 44.2 Å². The van der Waals surface area contributed by atoms with Crippen molar-refractivity contribution in [2.24, 2.45) is 0 Å². The zero-order valence-corrected chi connectivity index (χ0v) is 18.1. The number of nitrogens with zero attached hydrogens (tertiary/aromatic N) is 1. The molecule has 0 spiro atoms. The normalized spacial score (nSPS) is 11.5. The van der Waals surface area contributed by atoms with Gasteiger partial charge in [0.15, 0.2) is 0 Å². The van der Waals surface area contributed by atoms with E-state index in [0.717, 1.165) is 4.31 Å². The van der Waals surface area contributed by atoms with E-state index in [9.17, 15) is 13.2 Å². The van der Waals surface area contributed by atoms with Crippen molar-refractivity contribution >= 4 is 68.1 Å². The molecule has 0 aliphatic rings. The molecule has 2 aromatic carbocycles. The molecule has 0 amide bonds. The van der Waals surface area contributed by atoms with Gasteiger partial charge in [-0.15, -0.1) is 0 Å². The molecule has 0 unspecified atom stereocenters. The molecule has 0 aromatic heterocycles. The Kier molecular flexibility index (Phi) is 7.27. The van der Waals surface area contributed by atoms with Crippen LogP contribution >= 0.6 is 46.4 Å². The first-order valence-electron chi connectivity index (χ1n) is 7.65. The average Bonchev–Trinajstić information content (AvgIpc) is 2.57. The van der Waals surface area contributed by atoms with E-state index in [1.807, 2.05) is 0 Å². The summed E-state index contributed by atoms with van der Waals surface area (Å²) >= 11 is 24.2. The highest BCUT2D eigenvalue weighted by Crippen LogP contribution is 2.37. The average molecular weight is 471 g/mol. The molecule has 0 heterocycles. The van der Waals surface area contributed by atoms with Crippen LogP contribution in [0.1, 0.15) is 13.8 Å². The molecule has 0 saturated heterocycles. The van der Waals surface area contributed by atoms with Crippen LogP contribution in [-0.2, 0) is 19.6 Å². The summed E-state index contributed by atoms with van der Waals surface area (Å²) in [7, 11) is -4.30. The molecular formula is C17H15Cl4NO4S. The Morgan fingerprint density at radius 2 is 1.74 bits per heavy atom. The summed E-state index contributed by atoms with van der Waals surface area (Å²) in [6.07, 6.45) is -0.424. The molecule has 0 saturated carbocycles. The number of hydrogen-bond acceptors (Lipinski definition) is 4. The summed E-state index contributed by atoms with van der Waals surface area (Å²) in [6, 6.07) is 8.43. The maximum atomic E-state index is 13.3. The molecule has 2 aromatic rings. The Morgan fingerprint density at radius 3 is 2.37 bits per heavy atom. The zero-order valence-electron chi connectivity index (χ0n) is 14.2. The number of carbonyl (C=O) groups is 1. The second kappa shape index (κ2) is 8.88. The highest BCUT2D eigenvalue weighted by Gasteiger charge is 2.32. The monoisotopic (exact) mass is 469 g/mol. The summed E-state index contributed by atoms with van der Waals surface area (Å²) in [5, 5.41) is 0.210. The van der Waals surface area contributed by atoms with E-state index in [1.54, 1.807) is 13.8 Å². The molecule has 0 N–H and O–H groups in total. The summed E-state index contributed by atoms with van der Waals surface area (Å²) in [5.41, 5.74) is 0.0147. The SMILES string of the molecule is CC(C)OC(=O)CN(c1cccc(Cl)c1Cl)S(=O)(=O)c1cc(Cl)ccc1Cl. The number of rotatable bonds is 6. The fourth-order valence-electron chi connectivity index (χ4n) is 2.20. The molecule has 2 rings (SSSR count). The summed E-state index contributed by atoms with van der Waals surface area (Å²) in [4.78, 5) is 11.9. The maximum absolute atomic E-state index is 13.3. The topological polar surface area (TPSA) is 63.7 Å². The van der Waals surface area contributed by atoms with E-state index >= 15 is 0 Å². The minimum atomic E-state index is -4.30. The smallest absolute Gasteiger partial charge is 0.327 e. The third-order valence-electron chi connectivity index (χ3n) is 3.30. The lowest BCUT2D eigenvalue weighted by Gasteiger charge is -2.25. The van der Waals surface area contributed by atoms with Gasteiger partial charge >= 0.3 is 5.97 Å². The van der Waals surface area contributed by atoms with E-state index in [4.69, 9.17) is 51.1 Å². The van der Waals surface area contributed by atoms with Gasteiger partial charge in [0.2, 0.25) is 0 Å². The predicted molar refractivity (Wildman–Crippen MR) is 109 cm³/mol. The van der Waals surface area contributed by atoms with Gasteiger partial charge in [0.25, 0.3) is 10.0 Å². The molecular weight excluding hydrogens is 456 g/mol. The Balaban J connectivity index is 2.62. The van der Waals surface area contributed by atoms with E-state index in [0.29, 0.717) is 0 Å². The van der Waals surface area contributed by atoms with Crippen molar-refractivity contribution in [2.75, 3.05) is 10.8 Å². The Morgan fingerprint density at radius 1 is 1.07 bits per heavy atom. The first-order valence-corrected chi connectivity index (χ1v) is 10.6. The third-order valence-corrected chi connectivity index (χ3v) is 6.59. The highest BCUT2D eigenvalue weighted by molar-refractivity contribution is 7.93. The lowest BCUT2D eigenvalue weighted by molar-refractivity contribution is -0.145. The third kappa shape index (κ3) is 5.21. The molecule has 0 atom stereocenters. The van der Waals surface area contributed by atoms with E-state index in [-0.39, 0.29) is 30.7 Å². The van der Waals surface area contributed by atoms with Crippen LogP contribution in [0.5, 0.6) is 0 Å². The van der Waals surface area contributed by atoms with E-state index < -0.39 is 28.6 Å². The number of benzene rings is 2. The van der Waals surface area contributed by atoms with Crippen molar-refractivity contribution in [1.82, 2.24) is 0 Å². The highest BCUT2D eigenvalue weighted by atomic mass is 35.5. The van der Waals surface area contributed by atoms with Gasteiger partial charge in [-0.2, -0.15) is 0 Å². The van der Waals surface area contributed by atoms with Gasteiger partial charge < -0.3 is 4.74 Å². The molecule has 146 valence electrons. The van der Waals surface area contributed by atoms with Crippen LogP contribution in [0.2, 0.25) is 20.1 Å². The van der Waals surface area contributed by atoms with Crippen LogP contribution in [-0.4, -0.2) is 27.0 Å². The van der Waals surface area contributed by atoms with Crippen LogP contribution in [0.3, 0.4) is 0 Å². The lowest BCUT2D eigenvalue weighted by atomic mass is 10.3. The molecule has 0 bridgehead atoms. The second-order valence-electron chi connectivity index (χ2n) is 5.70. The fraction of sp³-hybridized carbons (Fsp3) is 0.235. The Labute approximate surface area is 177 Å². The Hall–Kier alpha value is -1.18. The van der Waals surface area contributed by atoms with Gasteiger partial charge in [-0.3, -0.25) is 9.10 Å². The fourth-order valence-corrected chi connectivity index (χ4v) is 4.80. The first kappa shape index (κ1) is 22.1. The number of ether oxygens (including phenoxy) is 1. The molecule has 10 heteroatoms. The number of esters is 1. The predicted octanol–water partition coefficient (Wildman–Crippen LogP) is 5.45. The van der Waals surface area contributed by atoms with Crippen molar-refractivity contribution in [2.45, 2.75) is 24.8 Å². The van der Waals surface area contributed by atoms with Crippen molar-refractivity contribution < 1.29 is 17.9 Å². The van der Waals surface area contributed by atoms with Gasteiger partial charge in [0.1, 0.15) is 11.4 Å². The van der Waals surface area contributed by atoms with Crippen molar-refractivity contribution in [3.05, 3.63) is 56.5 Å². The van der Waals surface area contributed by atoms with Gasteiger partial charge in [-0.1, -0.05) is 52.5 Å². The lowest BCUT2D eigenvalue weighted by Crippen LogP contribution is -2.37. The van der Waals surface area contributed by atoms with Crippen LogP contribution in [0.15, 0.2) is 41.3 Å². The van der Waals surface area contributed by atoms with Crippen LogP contribution in [0, 0.1) is 0 Å². The maximum Gasteiger partial charge on any atom is 0.327 e. The van der Waals surface area contributed by atoms with Crippen LogP contribution < -0.4 is 4.31 Å². The Bertz CT molecular complexity index is 963. The van der Waals surface area contributed by atoms with Gasteiger partial charge in [0, 0.05) is 5.02 Å². The van der Waals surface area contributed by atoms with E-state index in [1.165, 1.54) is 36.4 Å². The standard InChI is InChI=1S/C17H15Cl4NO4S/c1-10(2)26-16(23)9-22(14-5-3-4-13(20)17(14)21)27(24,25)15-8-11(18)6-7-12(15)19/h3-8,10H,9H2,1-2H3.